The summed E-state index contributed by atoms with van der Waals surface area (Å²) in [6.45, 7) is -1.52. The minimum absolute atomic E-state index is 0.0154. The van der Waals surface area contributed by atoms with Crippen molar-refractivity contribution in [2.24, 2.45) is 17.8 Å². The number of carbonyl (C=O) groups is 3. The van der Waals surface area contributed by atoms with E-state index >= 15 is 0 Å². The molecule has 390 valence electrons. The molecule has 3 fully saturated rings. The summed E-state index contributed by atoms with van der Waals surface area (Å²) in [5, 5.41) is 0. The van der Waals surface area contributed by atoms with Crippen LogP contribution in [0.2, 0.25) is 0 Å². The van der Waals surface area contributed by atoms with Gasteiger partial charge < -0.3 is 14.2 Å². The maximum atomic E-state index is 13.4. The Morgan fingerprint density at radius 3 is 1.13 bits per heavy atom. The Kier molecular flexibility index (Phi) is 21.5. The Bertz CT molecular complexity index is 2620. The van der Waals surface area contributed by atoms with Crippen molar-refractivity contribution in [1.29, 1.82) is 0 Å². The zero-order valence-electron chi connectivity index (χ0n) is 37.4. The third kappa shape index (κ3) is 18.8. The second-order valence-electron chi connectivity index (χ2n) is 17.1. The molecule has 0 saturated carbocycles. The molecule has 3 saturated heterocycles. The molecule has 0 aliphatic carbocycles. The minimum atomic E-state index is -2.98. The second kappa shape index (κ2) is 26.1. The number of esters is 3. The number of rotatable bonds is 15. The molecule has 3 aliphatic rings. The van der Waals surface area contributed by atoms with Gasteiger partial charge in [0.25, 0.3) is 0 Å². The molecule has 0 amide bonds. The quantitative estimate of drug-likeness (QED) is 0.0467. The Hall–Kier alpha value is -4.78. The first-order chi connectivity index (χ1) is 32.7. The van der Waals surface area contributed by atoms with Gasteiger partial charge in [0.15, 0.2) is 58.2 Å². The molecule has 3 aliphatic heterocycles. The lowest BCUT2D eigenvalue weighted by molar-refractivity contribution is -0.146. The number of hydrogen-bond donors (Lipinski definition) is 0. The molecule has 0 bridgehead atoms. The fourth-order valence-electron chi connectivity index (χ4n) is 7.44. The van der Waals surface area contributed by atoms with E-state index in [2.05, 4.69) is 0 Å². The highest BCUT2D eigenvalue weighted by molar-refractivity contribution is 7.91. The van der Waals surface area contributed by atoms with E-state index in [1.807, 2.05) is 0 Å². The lowest BCUT2D eigenvalue weighted by Crippen LogP contribution is -2.23. The van der Waals surface area contributed by atoms with Crippen molar-refractivity contribution in [3.8, 4) is 0 Å². The third-order valence-electron chi connectivity index (χ3n) is 11.8. The number of carbonyl (C=O) groups excluding carboxylic acids is 3. The summed E-state index contributed by atoms with van der Waals surface area (Å²) in [5.74, 6) is -16.2. The van der Waals surface area contributed by atoms with E-state index in [9.17, 15) is 83.5 Å². The van der Waals surface area contributed by atoms with Crippen LogP contribution >= 0.6 is 0 Å². The maximum absolute atomic E-state index is 13.4. The van der Waals surface area contributed by atoms with Gasteiger partial charge in [-0.25, -0.2) is 69.2 Å². The van der Waals surface area contributed by atoms with E-state index < -0.39 is 124 Å². The number of benzene rings is 3. The van der Waals surface area contributed by atoms with Crippen LogP contribution in [0.5, 0.6) is 0 Å². The van der Waals surface area contributed by atoms with Crippen LogP contribution < -0.4 is 0 Å². The summed E-state index contributed by atoms with van der Waals surface area (Å²) in [4.78, 5) is 34.8. The highest BCUT2D eigenvalue weighted by atomic mass is 32.2. The average molecular weight is 1070 g/mol. The number of halogens is 10. The van der Waals surface area contributed by atoms with E-state index in [1.54, 1.807) is 0 Å². The minimum Gasteiger partial charge on any atom is -0.461 e. The Labute approximate surface area is 398 Å². The van der Waals surface area contributed by atoms with Crippen molar-refractivity contribution in [3.05, 3.63) is 105 Å². The monoisotopic (exact) mass is 1070 g/mol. The van der Waals surface area contributed by atoms with E-state index in [0.29, 0.717) is 63.9 Å². The van der Waals surface area contributed by atoms with Gasteiger partial charge in [-0.3, -0.25) is 14.4 Å². The Balaban J connectivity index is 0.000000228. The van der Waals surface area contributed by atoms with Crippen molar-refractivity contribution < 1.29 is 97.8 Å². The summed E-state index contributed by atoms with van der Waals surface area (Å²) in [6, 6.07) is 3.78. The predicted octanol–water partition coefficient (Wildman–Crippen LogP) is 8.40. The van der Waals surface area contributed by atoms with Crippen molar-refractivity contribution in [2.75, 3.05) is 34.5 Å². The molecule has 6 rings (SSSR count). The molecule has 3 heterocycles. The van der Waals surface area contributed by atoms with Crippen LogP contribution in [0.3, 0.4) is 0 Å². The molecule has 0 N–H and O–H groups in total. The molecule has 0 atom stereocenters. The molecule has 25 heteroatoms. The van der Waals surface area contributed by atoms with Crippen molar-refractivity contribution in [3.63, 3.8) is 0 Å². The summed E-state index contributed by atoms with van der Waals surface area (Å²) in [5.41, 5.74) is -0.803. The molecule has 0 radical (unpaired) electrons. The largest absolute Gasteiger partial charge is 0.461 e. The molecular formula is C45H50F10O12S3. The molecule has 3 aromatic rings. The van der Waals surface area contributed by atoms with Crippen molar-refractivity contribution >= 4 is 47.4 Å². The van der Waals surface area contributed by atoms with Gasteiger partial charge in [0.05, 0.1) is 34.5 Å². The van der Waals surface area contributed by atoms with Gasteiger partial charge in [-0.05, 0) is 111 Å². The molecular weight excluding hydrogens is 1020 g/mol. The van der Waals surface area contributed by atoms with Gasteiger partial charge in [0, 0.05) is 30.4 Å². The second-order valence-corrected chi connectivity index (χ2v) is 24.0. The van der Waals surface area contributed by atoms with Crippen LogP contribution in [0.25, 0.3) is 0 Å². The first kappa shape index (κ1) is 57.8. The first-order valence-electron chi connectivity index (χ1n) is 21.9. The summed E-state index contributed by atoms with van der Waals surface area (Å²) in [6.07, 6.45) is 4.65. The fourth-order valence-corrected chi connectivity index (χ4v) is 12.2. The smallest absolute Gasteiger partial charge is 0.306 e. The van der Waals surface area contributed by atoms with Crippen LogP contribution in [0.1, 0.15) is 93.7 Å². The third-order valence-corrected chi connectivity index (χ3v) is 17.0. The van der Waals surface area contributed by atoms with E-state index in [4.69, 9.17) is 14.2 Å². The summed E-state index contributed by atoms with van der Waals surface area (Å²) < 4.78 is 213. The molecule has 0 aromatic heterocycles. The Morgan fingerprint density at radius 2 is 0.729 bits per heavy atom. The van der Waals surface area contributed by atoms with Crippen LogP contribution in [-0.4, -0.2) is 77.7 Å². The van der Waals surface area contributed by atoms with E-state index in [1.165, 1.54) is 0 Å². The van der Waals surface area contributed by atoms with Gasteiger partial charge in [-0.2, -0.15) is 0 Å². The maximum Gasteiger partial charge on any atom is 0.306 e. The molecule has 3 aromatic carbocycles. The zero-order chi connectivity index (χ0) is 52.0. The highest BCUT2D eigenvalue weighted by Gasteiger charge is 2.27. The lowest BCUT2D eigenvalue weighted by Gasteiger charge is -2.21. The number of hydrogen-bond acceptors (Lipinski definition) is 12. The predicted molar refractivity (Wildman–Crippen MR) is 230 cm³/mol. The van der Waals surface area contributed by atoms with Crippen molar-refractivity contribution in [2.45, 2.75) is 96.9 Å². The van der Waals surface area contributed by atoms with Gasteiger partial charge in [-0.1, -0.05) is 0 Å². The normalized spacial score (nSPS) is 17.8. The van der Waals surface area contributed by atoms with E-state index in [-0.39, 0.29) is 89.3 Å². The van der Waals surface area contributed by atoms with Gasteiger partial charge >= 0.3 is 17.9 Å². The van der Waals surface area contributed by atoms with Crippen LogP contribution in [0.4, 0.5) is 43.9 Å². The molecule has 0 spiro atoms. The number of ether oxygens (including phenoxy) is 3. The van der Waals surface area contributed by atoms with Crippen LogP contribution in [-0.2, 0) is 77.9 Å². The number of sulfone groups is 3. The standard InChI is InChI=1S/C15H16F4O4S.2C15H17F3O4S/c16-11-7-10(13(17)15(19)14(11)18)8-23-12(20)2-1-9-3-5-24(21,22)6-4-9;16-12-3-2-11(14(17)15(12)18)9-22-13(19)4-1-10-5-7-23(20,21)8-6-10;16-12-7-11(8-13(17)15(12)18)9-22-14(19)2-1-10-3-5-23(20,21)6-4-10/h7,9H,1-6,8H2;2-3,10H,1,4-9H2;7-8,10H,1-6,9H2. The topological polar surface area (TPSA) is 181 Å². The van der Waals surface area contributed by atoms with E-state index in [0.717, 1.165) is 24.3 Å². The first-order valence-corrected chi connectivity index (χ1v) is 27.4. The fraction of sp³-hybridized carbons (Fsp3) is 0.533. The van der Waals surface area contributed by atoms with Crippen LogP contribution in [0, 0.1) is 75.9 Å². The molecule has 0 unspecified atom stereocenters. The van der Waals surface area contributed by atoms with Crippen LogP contribution in [0.15, 0.2) is 30.3 Å². The summed E-state index contributed by atoms with van der Waals surface area (Å²) >= 11 is 0. The highest BCUT2D eigenvalue weighted by Crippen LogP contribution is 2.27. The Morgan fingerprint density at radius 1 is 0.400 bits per heavy atom. The van der Waals surface area contributed by atoms with Crippen molar-refractivity contribution in [1.82, 2.24) is 0 Å². The molecule has 70 heavy (non-hydrogen) atoms. The SMILES string of the molecule is O=C(CCC1CCS(=O)(=O)CC1)OCc1cc(F)c(F)c(F)c1.O=C(CCC1CCS(=O)(=O)CC1)OCc1cc(F)c(F)c(F)c1F.O=C(CCC1CCS(=O)(=O)CC1)OCc1ccc(F)c(F)c1F. The lowest BCUT2D eigenvalue weighted by atomic mass is 9.97. The molecule has 12 nitrogen and oxygen atoms in total. The zero-order valence-corrected chi connectivity index (χ0v) is 39.8. The average Bonchev–Trinajstić information content (AvgIpc) is 3.31. The van der Waals surface area contributed by atoms with Gasteiger partial charge in [0.1, 0.15) is 49.3 Å². The van der Waals surface area contributed by atoms with Gasteiger partial charge in [0.2, 0.25) is 0 Å². The van der Waals surface area contributed by atoms with Gasteiger partial charge in [-0.15, -0.1) is 0 Å². The summed E-state index contributed by atoms with van der Waals surface area (Å²) in [7, 11) is -8.84.